The van der Waals surface area contributed by atoms with Crippen molar-refractivity contribution in [2.45, 2.75) is 0 Å². The quantitative estimate of drug-likeness (QED) is 0.602. The average molecular weight is 365 g/mol. The van der Waals surface area contributed by atoms with Crippen LogP contribution in [0.1, 0.15) is 20.7 Å². The summed E-state index contributed by atoms with van der Waals surface area (Å²) in [5, 5.41) is 8.28. The normalized spacial score (nSPS) is 12.5. The molecule has 3 N–H and O–H groups in total. The molecule has 1 aliphatic rings. The molecule has 1 heterocycles. The predicted molar refractivity (Wildman–Crippen MR) is 97.6 cm³/mol. The van der Waals surface area contributed by atoms with Gasteiger partial charge in [-0.2, -0.15) is 0 Å². The molecular weight excluding hydrogens is 352 g/mol. The zero-order chi connectivity index (χ0) is 19.0. The molecule has 4 rings (SSSR count). The summed E-state index contributed by atoms with van der Waals surface area (Å²) < 4.78 is 27.0. The summed E-state index contributed by atoms with van der Waals surface area (Å²) in [6.07, 6.45) is 0. The lowest BCUT2D eigenvalue weighted by Crippen LogP contribution is -2.19. The van der Waals surface area contributed by atoms with Crippen LogP contribution in [0.2, 0.25) is 0 Å². The van der Waals surface area contributed by atoms with Crippen LogP contribution in [0.25, 0.3) is 0 Å². The second kappa shape index (κ2) is 6.53. The van der Waals surface area contributed by atoms with Gasteiger partial charge in [0.2, 0.25) is 0 Å². The molecule has 3 aromatic rings. The number of hydrogen-bond donors (Lipinski definition) is 3. The van der Waals surface area contributed by atoms with Crippen LogP contribution in [0, 0.1) is 11.6 Å². The first kappa shape index (κ1) is 16.7. The maximum absolute atomic E-state index is 13.5. The first-order valence-electron chi connectivity index (χ1n) is 8.08. The minimum absolute atomic E-state index is 0.212. The van der Waals surface area contributed by atoms with Crippen molar-refractivity contribution in [1.29, 1.82) is 0 Å². The largest absolute Gasteiger partial charge is 0.354 e. The summed E-state index contributed by atoms with van der Waals surface area (Å²) in [5.74, 6) is -1.85. The van der Waals surface area contributed by atoms with Crippen LogP contribution in [0.4, 0.5) is 31.5 Å². The maximum atomic E-state index is 13.5. The average Bonchev–Trinajstić information content (AvgIpc) is 2.89. The lowest BCUT2D eigenvalue weighted by atomic mass is 10.1. The Bertz CT molecular complexity index is 998. The first-order chi connectivity index (χ1) is 13.0. The number of rotatable bonds is 4. The third-order valence-electron chi connectivity index (χ3n) is 4.08. The van der Waals surface area contributed by atoms with Crippen LogP contribution in [-0.4, -0.2) is 11.8 Å². The molecule has 0 saturated heterocycles. The number of carbonyl (C=O) groups is 2. The molecule has 0 aromatic heterocycles. The Labute approximate surface area is 153 Å². The molecule has 0 bridgehead atoms. The van der Waals surface area contributed by atoms with E-state index < -0.39 is 23.4 Å². The first-order valence-corrected chi connectivity index (χ1v) is 8.08. The van der Waals surface area contributed by atoms with Gasteiger partial charge in [-0.1, -0.05) is 12.1 Å². The molecule has 134 valence electrons. The van der Waals surface area contributed by atoms with E-state index >= 15 is 0 Å². The number of carbonyl (C=O) groups excluding carboxylic acids is 2. The Hall–Kier alpha value is -3.74. The Morgan fingerprint density at radius 1 is 0.667 bits per heavy atom. The molecule has 0 saturated carbocycles. The second-order valence-corrected chi connectivity index (χ2v) is 6.00. The van der Waals surface area contributed by atoms with E-state index in [1.165, 1.54) is 36.4 Å². The third-order valence-corrected chi connectivity index (χ3v) is 4.08. The van der Waals surface area contributed by atoms with E-state index in [9.17, 15) is 18.4 Å². The number of halogens is 2. The lowest BCUT2D eigenvalue weighted by Gasteiger charge is -2.15. The van der Waals surface area contributed by atoms with Crippen LogP contribution in [0.15, 0.2) is 60.7 Å². The van der Waals surface area contributed by atoms with Crippen LogP contribution < -0.4 is 16.0 Å². The molecule has 3 aromatic carbocycles. The van der Waals surface area contributed by atoms with E-state index in [1.807, 2.05) is 0 Å². The van der Waals surface area contributed by atoms with Gasteiger partial charge in [0, 0.05) is 11.4 Å². The fourth-order valence-corrected chi connectivity index (χ4v) is 2.86. The van der Waals surface area contributed by atoms with Crippen LogP contribution in [0.5, 0.6) is 0 Å². The molecule has 0 radical (unpaired) electrons. The van der Waals surface area contributed by atoms with Crippen LogP contribution >= 0.6 is 0 Å². The molecule has 0 fully saturated rings. The Morgan fingerprint density at radius 3 is 1.52 bits per heavy atom. The van der Waals surface area contributed by atoms with Gasteiger partial charge in [0.25, 0.3) is 11.8 Å². The van der Waals surface area contributed by atoms with Gasteiger partial charge in [-0.15, -0.1) is 0 Å². The fraction of sp³-hybridized carbons (Fsp3) is 0. The minimum atomic E-state index is -0.505. The topological polar surface area (TPSA) is 70.2 Å². The highest BCUT2D eigenvalue weighted by atomic mass is 19.1. The van der Waals surface area contributed by atoms with Gasteiger partial charge in [0.1, 0.15) is 11.6 Å². The van der Waals surface area contributed by atoms with E-state index in [2.05, 4.69) is 16.0 Å². The molecule has 5 nitrogen and oxygen atoms in total. The third kappa shape index (κ3) is 3.35. The van der Waals surface area contributed by atoms with Crippen molar-refractivity contribution in [2.75, 3.05) is 10.6 Å². The molecule has 1 aliphatic heterocycles. The SMILES string of the molecule is O=C1NC(=O)c2cc(Nc3cccc(F)c3)c(Nc3cccc(F)c3)cc21. The van der Waals surface area contributed by atoms with Gasteiger partial charge in [-0.3, -0.25) is 14.9 Å². The molecule has 0 aliphatic carbocycles. The summed E-state index contributed by atoms with van der Waals surface area (Å²) in [5.41, 5.74) is 2.22. The highest BCUT2D eigenvalue weighted by molar-refractivity contribution is 6.22. The number of amides is 2. The number of anilines is 4. The highest BCUT2D eigenvalue weighted by Crippen LogP contribution is 2.33. The Balaban J connectivity index is 1.78. The van der Waals surface area contributed by atoms with Crippen LogP contribution in [0.3, 0.4) is 0 Å². The Morgan fingerprint density at radius 2 is 1.11 bits per heavy atom. The van der Waals surface area contributed by atoms with Crippen molar-refractivity contribution in [3.8, 4) is 0 Å². The Kier molecular flexibility index (Phi) is 4.04. The second-order valence-electron chi connectivity index (χ2n) is 6.00. The van der Waals surface area contributed by atoms with Crippen molar-refractivity contribution < 1.29 is 18.4 Å². The van der Waals surface area contributed by atoms with Crippen molar-refractivity contribution in [3.05, 3.63) is 83.4 Å². The molecule has 2 amide bonds. The fourth-order valence-electron chi connectivity index (χ4n) is 2.86. The lowest BCUT2D eigenvalue weighted by molar-refractivity contribution is 0.0879. The zero-order valence-electron chi connectivity index (χ0n) is 13.8. The summed E-state index contributed by atoms with van der Waals surface area (Å²) in [6, 6.07) is 14.6. The molecule has 0 spiro atoms. The molecule has 0 unspecified atom stereocenters. The number of benzene rings is 3. The van der Waals surface area contributed by atoms with Crippen molar-refractivity contribution in [2.24, 2.45) is 0 Å². The van der Waals surface area contributed by atoms with E-state index in [0.717, 1.165) is 0 Å². The summed E-state index contributed by atoms with van der Waals surface area (Å²) >= 11 is 0. The van der Waals surface area contributed by atoms with Gasteiger partial charge in [-0.25, -0.2) is 8.78 Å². The van der Waals surface area contributed by atoms with Gasteiger partial charge >= 0.3 is 0 Å². The molecule has 0 atom stereocenters. The number of imide groups is 1. The molecule has 7 heteroatoms. The summed E-state index contributed by atoms with van der Waals surface area (Å²) in [6.45, 7) is 0. The van der Waals surface area contributed by atoms with Gasteiger partial charge in [-0.05, 0) is 48.5 Å². The van der Waals surface area contributed by atoms with Gasteiger partial charge < -0.3 is 10.6 Å². The van der Waals surface area contributed by atoms with Crippen molar-refractivity contribution in [1.82, 2.24) is 5.32 Å². The predicted octanol–water partition coefficient (Wildman–Crippen LogP) is 4.34. The zero-order valence-corrected chi connectivity index (χ0v) is 13.8. The number of hydrogen-bond acceptors (Lipinski definition) is 4. The van der Waals surface area contributed by atoms with Gasteiger partial charge in [0.05, 0.1) is 22.5 Å². The monoisotopic (exact) mass is 365 g/mol. The molecule has 27 heavy (non-hydrogen) atoms. The number of fused-ring (bicyclic) bond motifs is 1. The van der Waals surface area contributed by atoms with E-state index in [-0.39, 0.29) is 11.1 Å². The smallest absolute Gasteiger partial charge is 0.259 e. The maximum Gasteiger partial charge on any atom is 0.259 e. The van der Waals surface area contributed by atoms with E-state index in [1.54, 1.807) is 24.3 Å². The molecular formula is C20H13F2N3O2. The highest BCUT2D eigenvalue weighted by Gasteiger charge is 2.28. The summed E-state index contributed by atoms with van der Waals surface area (Å²) in [7, 11) is 0. The van der Waals surface area contributed by atoms with Crippen LogP contribution in [-0.2, 0) is 0 Å². The van der Waals surface area contributed by atoms with Gasteiger partial charge in [0.15, 0.2) is 0 Å². The van der Waals surface area contributed by atoms with Crippen molar-refractivity contribution in [3.63, 3.8) is 0 Å². The minimum Gasteiger partial charge on any atom is -0.354 e. The number of nitrogens with one attached hydrogen (secondary N) is 3. The summed E-state index contributed by atoms with van der Waals surface area (Å²) in [4.78, 5) is 23.9. The van der Waals surface area contributed by atoms with E-state index in [0.29, 0.717) is 22.7 Å². The van der Waals surface area contributed by atoms with E-state index in [4.69, 9.17) is 0 Å². The standard InChI is InChI=1S/C20H13F2N3O2/c21-11-3-1-5-13(7-11)23-17-9-15-16(20(27)25-19(15)26)10-18(17)24-14-6-2-4-12(22)8-14/h1-10,23-24H,(H,25,26,27). The van der Waals surface area contributed by atoms with Crippen molar-refractivity contribution >= 4 is 34.6 Å².